The SMILES string of the molecule is CCOC(=O)c1c(C(=O)CSc2ncc(-c3ccc(F)cc3)n2Cc2ccco2)sc2c1CCCC2. The van der Waals surface area contributed by atoms with E-state index in [-0.39, 0.29) is 24.0 Å². The van der Waals surface area contributed by atoms with Crippen LogP contribution in [0.25, 0.3) is 11.3 Å². The minimum Gasteiger partial charge on any atom is -0.467 e. The summed E-state index contributed by atoms with van der Waals surface area (Å²) < 4.78 is 26.3. The van der Waals surface area contributed by atoms with Crippen molar-refractivity contribution < 1.29 is 23.1 Å². The summed E-state index contributed by atoms with van der Waals surface area (Å²) in [7, 11) is 0. The molecule has 0 fully saturated rings. The number of ketones is 1. The molecule has 0 N–H and O–H groups in total. The van der Waals surface area contributed by atoms with Gasteiger partial charge in [0, 0.05) is 4.88 Å². The number of aromatic nitrogens is 2. The highest BCUT2D eigenvalue weighted by Gasteiger charge is 2.29. The number of carbonyl (C=O) groups excluding carboxylic acids is 2. The average molecular weight is 525 g/mol. The summed E-state index contributed by atoms with van der Waals surface area (Å²) in [6.45, 7) is 2.45. The molecule has 0 atom stereocenters. The Hall–Kier alpha value is -3.17. The zero-order chi connectivity index (χ0) is 25.1. The predicted molar refractivity (Wildman–Crippen MR) is 137 cm³/mol. The normalized spacial score (nSPS) is 12.9. The van der Waals surface area contributed by atoms with Crippen LogP contribution >= 0.6 is 23.1 Å². The van der Waals surface area contributed by atoms with E-state index in [4.69, 9.17) is 9.15 Å². The zero-order valence-electron chi connectivity index (χ0n) is 19.8. The molecule has 3 aromatic heterocycles. The van der Waals surface area contributed by atoms with Gasteiger partial charge in [0.25, 0.3) is 0 Å². The number of Topliss-reactive ketones (excluding diaryl/α,β-unsaturated/α-hetero) is 1. The maximum atomic E-state index is 13.5. The molecule has 0 unspecified atom stereocenters. The Morgan fingerprint density at radius 1 is 1.19 bits per heavy atom. The van der Waals surface area contributed by atoms with Crippen LogP contribution in [0.4, 0.5) is 4.39 Å². The van der Waals surface area contributed by atoms with Gasteiger partial charge in [-0.3, -0.25) is 4.79 Å². The van der Waals surface area contributed by atoms with Crippen molar-refractivity contribution >= 4 is 34.9 Å². The number of thioether (sulfide) groups is 1. The summed E-state index contributed by atoms with van der Waals surface area (Å²) in [5.41, 5.74) is 3.04. The fraction of sp³-hybridized carbons (Fsp3) is 0.296. The number of carbonyl (C=O) groups is 2. The van der Waals surface area contributed by atoms with E-state index in [1.165, 1.54) is 35.2 Å². The number of imidazole rings is 1. The second-order valence-corrected chi connectivity index (χ2v) is 10.5. The molecular weight excluding hydrogens is 499 g/mol. The number of hydrogen-bond acceptors (Lipinski definition) is 7. The summed E-state index contributed by atoms with van der Waals surface area (Å²) in [4.78, 5) is 32.3. The minimum absolute atomic E-state index is 0.113. The van der Waals surface area contributed by atoms with Crippen LogP contribution in [-0.2, 0) is 24.1 Å². The number of aryl methyl sites for hydroxylation is 1. The molecule has 3 heterocycles. The molecule has 6 nitrogen and oxygen atoms in total. The number of ether oxygens (including phenoxy) is 1. The number of benzene rings is 1. The summed E-state index contributed by atoms with van der Waals surface area (Å²) in [6, 6.07) is 9.90. The molecule has 9 heteroatoms. The van der Waals surface area contributed by atoms with Crippen LogP contribution in [0.3, 0.4) is 0 Å². The number of halogens is 1. The first-order valence-corrected chi connectivity index (χ1v) is 13.7. The fourth-order valence-electron chi connectivity index (χ4n) is 4.41. The van der Waals surface area contributed by atoms with E-state index >= 15 is 0 Å². The number of rotatable bonds is 9. The highest BCUT2D eigenvalue weighted by Crippen LogP contribution is 2.36. The quantitative estimate of drug-likeness (QED) is 0.143. The first kappa shape index (κ1) is 24.5. The molecule has 186 valence electrons. The van der Waals surface area contributed by atoms with Crippen LogP contribution in [0.1, 0.15) is 56.0 Å². The molecule has 1 aromatic carbocycles. The molecule has 0 saturated heterocycles. The topological polar surface area (TPSA) is 74.3 Å². The Bertz CT molecular complexity index is 1370. The van der Waals surface area contributed by atoms with Gasteiger partial charge in [0.15, 0.2) is 10.9 Å². The van der Waals surface area contributed by atoms with Crippen LogP contribution in [-0.4, -0.2) is 33.7 Å². The monoisotopic (exact) mass is 524 g/mol. The lowest BCUT2D eigenvalue weighted by Crippen LogP contribution is -2.14. The second kappa shape index (κ2) is 10.8. The maximum Gasteiger partial charge on any atom is 0.340 e. The molecule has 0 amide bonds. The van der Waals surface area contributed by atoms with E-state index in [0.717, 1.165) is 53.1 Å². The highest BCUT2D eigenvalue weighted by molar-refractivity contribution is 7.99. The van der Waals surface area contributed by atoms with E-state index in [1.54, 1.807) is 31.5 Å². The predicted octanol–water partition coefficient (Wildman–Crippen LogP) is 6.42. The molecule has 1 aliphatic carbocycles. The first-order valence-electron chi connectivity index (χ1n) is 11.9. The molecule has 0 radical (unpaired) electrons. The van der Waals surface area contributed by atoms with Crippen molar-refractivity contribution in [3.63, 3.8) is 0 Å². The Morgan fingerprint density at radius 2 is 2.00 bits per heavy atom. The molecule has 0 saturated carbocycles. The number of esters is 1. The number of nitrogens with zero attached hydrogens (tertiary/aromatic N) is 2. The maximum absolute atomic E-state index is 13.5. The summed E-state index contributed by atoms with van der Waals surface area (Å²) in [5, 5.41) is 0.637. The average Bonchev–Trinajstić information content (AvgIpc) is 3.62. The van der Waals surface area contributed by atoms with Crippen molar-refractivity contribution in [3.05, 3.63) is 81.3 Å². The molecule has 0 aliphatic heterocycles. The van der Waals surface area contributed by atoms with Crippen molar-refractivity contribution in [1.29, 1.82) is 0 Å². The largest absolute Gasteiger partial charge is 0.467 e. The van der Waals surface area contributed by atoms with E-state index < -0.39 is 5.97 Å². The lowest BCUT2D eigenvalue weighted by atomic mass is 9.94. The minimum atomic E-state index is -0.414. The van der Waals surface area contributed by atoms with Crippen molar-refractivity contribution in [3.8, 4) is 11.3 Å². The zero-order valence-corrected chi connectivity index (χ0v) is 21.4. The van der Waals surface area contributed by atoms with Gasteiger partial charge in [0.2, 0.25) is 0 Å². The third-order valence-corrected chi connectivity index (χ3v) is 8.41. The van der Waals surface area contributed by atoms with Crippen molar-refractivity contribution in [2.75, 3.05) is 12.4 Å². The van der Waals surface area contributed by atoms with E-state index in [2.05, 4.69) is 4.98 Å². The van der Waals surface area contributed by atoms with Gasteiger partial charge in [-0.05, 0) is 80.1 Å². The number of hydrogen-bond donors (Lipinski definition) is 0. The lowest BCUT2D eigenvalue weighted by Gasteiger charge is -2.12. The molecule has 0 spiro atoms. The third-order valence-electron chi connectivity index (χ3n) is 6.09. The molecule has 4 aromatic rings. The van der Waals surface area contributed by atoms with Gasteiger partial charge in [0.1, 0.15) is 11.6 Å². The summed E-state index contributed by atoms with van der Waals surface area (Å²) in [6.07, 6.45) is 7.09. The van der Waals surface area contributed by atoms with E-state index in [9.17, 15) is 14.0 Å². The van der Waals surface area contributed by atoms with Crippen LogP contribution in [0.15, 0.2) is 58.4 Å². The van der Waals surface area contributed by atoms with Gasteiger partial charge in [-0.1, -0.05) is 11.8 Å². The number of fused-ring (bicyclic) bond motifs is 1. The van der Waals surface area contributed by atoms with E-state index in [0.29, 0.717) is 22.1 Å². The van der Waals surface area contributed by atoms with Crippen molar-refractivity contribution in [2.24, 2.45) is 0 Å². The molecular formula is C27H25FN2O4S2. The van der Waals surface area contributed by atoms with Crippen molar-refractivity contribution in [1.82, 2.24) is 9.55 Å². The van der Waals surface area contributed by atoms with Gasteiger partial charge in [0.05, 0.1) is 47.5 Å². The molecule has 1 aliphatic rings. The number of thiophene rings is 1. The number of furan rings is 1. The highest BCUT2D eigenvalue weighted by atomic mass is 32.2. The van der Waals surface area contributed by atoms with Gasteiger partial charge in [-0.15, -0.1) is 11.3 Å². The first-order chi connectivity index (χ1) is 17.5. The van der Waals surface area contributed by atoms with Gasteiger partial charge < -0.3 is 13.7 Å². The van der Waals surface area contributed by atoms with E-state index in [1.807, 2.05) is 16.7 Å². The fourth-order valence-corrected chi connectivity index (χ4v) is 6.67. The third kappa shape index (κ3) is 5.03. The molecule has 36 heavy (non-hydrogen) atoms. The Kier molecular flexibility index (Phi) is 7.38. The Morgan fingerprint density at radius 3 is 2.75 bits per heavy atom. The van der Waals surface area contributed by atoms with Crippen LogP contribution in [0.5, 0.6) is 0 Å². The van der Waals surface area contributed by atoms with Crippen LogP contribution < -0.4 is 0 Å². The second-order valence-electron chi connectivity index (χ2n) is 8.45. The van der Waals surface area contributed by atoms with Gasteiger partial charge in [-0.2, -0.15) is 0 Å². The summed E-state index contributed by atoms with van der Waals surface area (Å²) >= 11 is 2.74. The Balaban J connectivity index is 1.42. The standard InChI is InChI=1S/C27H25FN2O4S2/c1-2-33-26(32)24-20-7-3-4-8-23(20)36-25(24)22(31)16-35-27-29-14-21(17-9-11-18(28)12-10-17)30(27)15-19-6-5-13-34-19/h5-6,9-14H,2-4,7-8,15-16H2,1H3. The smallest absolute Gasteiger partial charge is 0.340 e. The molecule has 0 bridgehead atoms. The van der Waals surface area contributed by atoms with Crippen LogP contribution in [0, 0.1) is 5.82 Å². The van der Waals surface area contributed by atoms with Crippen molar-refractivity contribution in [2.45, 2.75) is 44.3 Å². The molecule has 5 rings (SSSR count). The Labute approximate surface area is 216 Å². The van der Waals surface area contributed by atoms with Gasteiger partial charge in [-0.25, -0.2) is 14.2 Å². The van der Waals surface area contributed by atoms with Gasteiger partial charge >= 0.3 is 5.97 Å². The lowest BCUT2D eigenvalue weighted by molar-refractivity contribution is 0.0522. The van der Waals surface area contributed by atoms with Crippen LogP contribution in [0.2, 0.25) is 0 Å². The summed E-state index contributed by atoms with van der Waals surface area (Å²) in [5.74, 6) is 0.0257.